The molecule has 1 spiro atoms. The van der Waals surface area contributed by atoms with Crippen molar-refractivity contribution in [3.63, 3.8) is 0 Å². The normalized spacial score (nSPS) is 26.9. The van der Waals surface area contributed by atoms with Crippen molar-refractivity contribution in [2.45, 2.75) is 25.7 Å². The number of piperidine rings is 2. The number of methoxy groups -OCH3 is 1. The quantitative estimate of drug-likeness (QED) is 0.899. The highest BCUT2D eigenvalue weighted by Gasteiger charge is 2.44. The van der Waals surface area contributed by atoms with E-state index in [1.807, 2.05) is 29.2 Å². The van der Waals surface area contributed by atoms with Gasteiger partial charge in [0.05, 0.1) is 12.5 Å². The van der Waals surface area contributed by atoms with Crippen LogP contribution in [0.2, 0.25) is 0 Å². The Morgan fingerprint density at radius 3 is 2.60 bits per heavy atom. The van der Waals surface area contributed by atoms with Crippen molar-refractivity contribution in [1.82, 2.24) is 5.32 Å². The Morgan fingerprint density at radius 2 is 1.95 bits per heavy atom. The van der Waals surface area contributed by atoms with Crippen LogP contribution in [0.5, 0.6) is 5.75 Å². The number of nitrogens with zero attached hydrogens (tertiary/aromatic N) is 1. The van der Waals surface area contributed by atoms with Gasteiger partial charge in [-0.25, -0.2) is 0 Å². The molecule has 108 valence electrons. The van der Waals surface area contributed by atoms with Crippen molar-refractivity contribution < 1.29 is 9.53 Å². The van der Waals surface area contributed by atoms with Gasteiger partial charge in [0.15, 0.2) is 0 Å². The molecule has 1 aromatic rings. The maximum atomic E-state index is 12.9. The summed E-state index contributed by atoms with van der Waals surface area (Å²) in [5.74, 6) is 1.12. The third-order valence-electron chi connectivity index (χ3n) is 4.59. The zero-order chi connectivity index (χ0) is 14.0. The van der Waals surface area contributed by atoms with E-state index < -0.39 is 0 Å². The predicted molar refractivity (Wildman–Crippen MR) is 79.1 cm³/mol. The minimum absolute atomic E-state index is 0.170. The first-order valence-corrected chi connectivity index (χ1v) is 7.42. The van der Waals surface area contributed by atoms with Gasteiger partial charge in [0.1, 0.15) is 5.75 Å². The van der Waals surface area contributed by atoms with Gasteiger partial charge in [0, 0.05) is 18.8 Å². The van der Waals surface area contributed by atoms with Gasteiger partial charge in [0.2, 0.25) is 5.91 Å². The molecular weight excluding hydrogens is 252 g/mol. The van der Waals surface area contributed by atoms with Gasteiger partial charge in [-0.3, -0.25) is 4.79 Å². The number of amides is 1. The number of benzene rings is 1. The van der Waals surface area contributed by atoms with Gasteiger partial charge in [-0.05, 0) is 56.5 Å². The molecule has 20 heavy (non-hydrogen) atoms. The van der Waals surface area contributed by atoms with E-state index in [4.69, 9.17) is 4.74 Å². The molecule has 0 aromatic heterocycles. The van der Waals surface area contributed by atoms with Crippen LogP contribution in [-0.2, 0) is 4.79 Å². The fourth-order valence-corrected chi connectivity index (χ4v) is 3.44. The Bertz CT molecular complexity index is 472. The number of carbonyl (C=O) groups is 1. The summed E-state index contributed by atoms with van der Waals surface area (Å²) < 4.78 is 5.18. The standard InChI is InChI=1S/C16H22N2O2/c1-20-14-6-4-13(5-7-14)18-11-3-9-16(15(18)19)8-2-10-17-12-16/h4-7,17H,2-3,8-12H2,1H3. The molecule has 1 aromatic carbocycles. The first-order chi connectivity index (χ1) is 9.75. The van der Waals surface area contributed by atoms with Crippen molar-refractivity contribution in [2.24, 2.45) is 5.41 Å². The van der Waals surface area contributed by atoms with E-state index in [2.05, 4.69) is 5.32 Å². The van der Waals surface area contributed by atoms with Crippen LogP contribution in [0.15, 0.2) is 24.3 Å². The van der Waals surface area contributed by atoms with E-state index in [-0.39, 0.29) is 5.41 Å². The number of carbonyl (C=O) groups excluding carboxylic acids is 1. The molecule has 3 rings (SSSR count). The summed E-state index contributed by atoms with van der Waals surface area (Å²) in [5.41, 5.74) is 0.816. The van der Waals surface area contributed by atoms with Gasteiger partial charge < -0.3 is 15.0 Å². The molecule has 0 radical (unpaired) electrons. The molecule has 1 atom stereocenters. The van der Waals surface area contributed by atoms with E-state index in [0.29, 0.717) is 5.91 Å². The maximum absolute atomic E-state index is 12.9. The molecule has 2 aliphatic heterocycles. The van der Waals surface area contributed by atoms with E-state index in [1.165, 1.54) is 0 Å². The number of hydrogen-bond acceptors (Lipinski definition) is 3. The largest absolute Gasteiger partial charge is 0.497 e. The zero-order valence-electron chi connectivity index (χ0n) is 12.0. The minimum Gasteiger partial charge on any atom is -0.497 e. The van der Waals surface area contributed by atoms with Crippen molar-refractivity contribution in [3.8, 4) is 5.75 Å². The summed E-state index contributed by atoms with van der Waals surface area (Å²) in [6, 6.07) is 7.80. The average molecular weight is 274 g/mol. The van der Waals surface area contributed by atoms with Crippen LogP contribution in [-0.4, -0.2) is 32.7 Å². The highest BCUT2D eigenvalue weighted by atomic mass is 16.5. The minimum atomic E-state index is -0.170. The number of rotatable bonds is 2. The lowest BCUT2D eigenvalue weighted by atomic mass is 9.73. The highest BCUT2D eigenvalue weighted by molar-refractivity contribution is 5.98. The van der Waals surface area contributed by atoms with Crippen molar-refractivity contribution >= 4 is 11.6 Å². The lowest BCUT2D eigenvalue weighted by Crippen LogP contribution is -2.55. The summed E-state index contributed by atoms with van der Waals surface area (Å²) in [6.07, 6.45) is 4.22. The second-order valence-electron chi connectivity index (χ2n) is 5.82. The lowest BCUT2D eigenvalue weighted by Gasteiger charge is -2.44. The Morgan fingerprint density at radius 1 is 1.20 bits per heavy atom. The second-order valence-corrected chi connectivity index (χ2v) is 5.82. The van der Waals surface area contributed by atoms with Crippen molar-refractivity contribution in [1.29, 1.82) is 0 Å². The lowest BCUT2D eigenvalue weighted by molar-refractivity contribution is -0.131. The van der Waals surface area contributed by atoms with Gasteiger partial charge in [-0.2, -0.15) is 0 Å². The Kier molecular flexibility index (Phi) is 3.66. The Balaban J connectivity index is 1.83. The molecular formula is C16H22N2O2. The van der Waals surface area contributed by atoms with E-state index in [0.717, 1.165) is 56.8 Å². The van der Waals surface area contributed by atoms with Gasteiger partial charge in [0.25, 0.3) is 0 Å². The van der Waals surface area contributed by atoms with Crippen LogP contribution >= 0.6 is 0 Å². The molecule has 0 saturated carbocycles. The summed E-state index contributed by atoms with van der Waals surface area (Å²) in [5, 5.41) is 3.40. The van der Waals surface area contributed by atoms with E-state index >= 15 is 0 Å². The number of nitrogens with one attached hydrogen (secondary N) is 1. The summed E-state index contributed by atoms with van der Waals surface area (Å²) >= 11 is 0. The first-order valence-electron chi connectivity index (χ1n) is 7.42. The number of ether oxygens (including phenoxy) is 1. The summed E-state index contributed by atoms with van der Waals surface area (Å²) in [7, 11) is 1.66. The number of anilines is 1. The molecule has 4 heteroatoms. The number of hydrogen-bond donors (Lipinski definition) is 1. The van der Waals surface area contributed by atoms with Gasteiger partial charge in [-0.15, -0.1) is 0 Å². The molecule has 2 aliphatic rings. The zero-order valence-corrected chi connectivity index (χ0v) is 12.0. The molecule has 2 heterocycles. The third-order valence-corrected chi connectivity index (χ3v) is 4.59. The Labute approximate surface area is 120 Å². The summed E-state index contributed by atoms with van der Waals surface area (Å²) in [4.78, 5) is 14.9. The molecule has 1 amide bonds. The predicted octanol–water partition coefficient (Wildman–Crippen LogP) is 2.19. The topological polar surface area (TPSA) is 41.6 Å². The van der Waals surface area contributed by atoms with Crippen LogP contribution in [0.1, 0.15) is 25.7 Å². The maximum Gasteiger partial charge on any atom is 0.234 e. The van der Waals surface area contributed by atoms with Crippen LogP contribution in [0.4, 0.5) is 5.69 Å². The van der Waals surface area contributed by atoms with E-state index in [9.17, 15) is 4.79 Å². The molecule has 4 nitrogen and oxygen atoms in total. The highest BCUT2D eigenvalue weighted by Crippen LogP contribution is 2.39. The SMILES string of the molecule is COc1ccc(N2CCCC3(CCCNC3)C2=O)cc1. The average Bonchev–Trinajstić information content (AvgIpc) is 2.51. The monoisotopic (exact) mass is 274 g/mol. The van der Waals surface area contributed by atoms with Crippen molar-refractivity contribution in [3.05, 3.63) is 24.3 Å². The van der Waals surface area contributed by atoms with Gasteiger partial charge in [-0.1, -0.05) is 0 Å². The smallest absolute Gasteiger partial charge is 0.234 e. The molecule has 1 N–H and O–H groups in total. The second kappa shape index (κ2) is 5.44. The molecule has 2 saturated heterocycles. The summed E-state index contributed by atoms with van der Waals surface area (Å²) in [6.45, 7) is 2.70. The molecule has 2 fully saturated rings. The molecule has 1 unspecified atom stereocenters. The van der Waals surface area contributed by atoms with Crippen LogP contribution < -0.4 is 15.0 Å². The Hall–Kier alpha value is -1.55. The van der Waals surface area contributed by atoms with Crippen LogP contribution in [0.3, 0.4) is 0 Å². The molecule has 0 bridgehead atoms. The van der Waals surface area contributed by atoms with Crippen LogP contribution in [0, 0.1) is 5.41 Å². The third kappa shape index (κ3) is 2.29. The fraction of sp³-hybridized carbons (Fsp3) is 0.562. The van der Waals surface area contributed by atoms with Crippen molar-refractivity contribution in [2.75, 3.05) is 31.6 Å². The van der Waals surface area contributed by atoms with Crippen LogP contribution in [0.25, 0.3) is 0 Å². The van der Waals surface area contributed by atoms with E-state index in [1.54, 1.807) is 7.11 Å². The molecule has 0 aliphatic carbocycles. The first kappa shape index (κ1) is 13.4. The fourth-order valence-electron chi connectivity index (χ4n) is 3.44. The van der Waals surface area contributed by atoms with Gasteiger partial charge >= 0.3 is 0 Å².